The lowest BCUT2D eigenvalue weighted by Gasteiger charge is -2.20. The van der Waals surface area contributed by atoms with Gasteiger partial charge in [0.25, 0.3) is 0 Å². The summed E-state index contributed by atoms with van der Waals surface area (Å²) in [7, 11) is 0. The largest absolute Gasteiger partial charge is 0.416 e. The molecule has 1 heterocycles. The number of halogens is 3. The molecule has 0 fully saturated rings. The van der Waals surface area contributed by atoms with Gasteiger partial charge in [-0.2, -0.15) is 13.2 Å². The summed E-state index contributed by atoms with van der Waals surface area (Å²) in [6, 6.07) is 3.66. The van der Waals surface area contributed by atoms with E-state index in [0.717, 1.165) is 17.7 Å². The molecule has 1 aliphatic heterocycles. The molecule has 0 radical (unpaired) electrons. The van der Waals surface area contributed by atoms with Gasteiger partial charge in [-0.15, -0.1) is 0 Å². The Balaban J connectivity index is 2.49. The standard InChI is InChI=1S/C11H9F3O/c1-7-5-15-6-8-2-3-9(4-10(7)8)11(12,13)14/h2-4H,1,5-6H2. The van der Waals surface area contributed by atoms with Crippen LogP contribution in [0.5, 0.6) is 0 Å². The van der Waals surface area contributed by atoms with E-state index in [1.807, 2.05) is 0 Å². The predicted molar refractivity (Wildman–Crippen MR) is 50.1 cm³/mol. The third-order valence-electron chi connectivity index (χ3n) is 2.35. The summed E-state index contributed by atoms with van der Waals surface area (Å²) >= 11 is 0. The third kappa shape index (κ3) is 1.90. The van der Waals surface area contributed by atoms with Gasteiger partial charge >= 0.3 is 6.18 Å². The number of fused-ring (bicyclic) bond motifs is 1. The summed E-state index contributed by atoms with van der Waals surface area (Å²) in [5.41, 5.74) is 1.29. The SMILES string of the molecule is C=C1COCc2ccc(C(F)(F)F)cc21. The van der Waals surface area contributed by atoms with E-state index in [1.54, 1.807) is 0 Å². The molecule has 0 aliphatic carbocycles. The summed E-state index contributed by atoms with van der Waals surface area (Å²) in [4.78, 5) is 0. The van der Waals surface area contributed by atoms with Crippen LogP contribution in [0.2, 0.25) is 0 Å². The molecule has 1 aromatic rings. The summed E-state index contributed by atoms with van der Waals surface area (Å²) in [6.07, 6.45) is -4.30. The fraction of sp³-hybridized carbons (Fsp3) is 0.273. The molecular weight excluding hydrogens is 205 g/mol. The highest BCUT2D eigenvalue weighted by molar-refractivity contribution is 5.68. The molecule has 0 aromatic heterocycles. The van der Waals surface area contributed by atoms with Gasteiger partial charge in [0.15, 0.2) is 0 Å². The predicted octanol–water partition coefficient (Wildman–Crippen LogP) is 3.25. The molecule has 1 aromatic carbocycles. The molecule has 4 heteroatoms. The lowest BCUT2D eigenvalue weighted by atomic mass is 9.97. The van der Waals surface area contributed by atoms with Crippen molar-refractivity contribution < 1.29 is 17.9 Å². The first kappa shape index (κ1) is 10.2. The summed E-state index contributed by atoms with van der Waals surface area (Å²) in [6.45, 7) is 4.34. The maximum absolute atomic E-state index is 12.4. The Labute approximate surface area is 85.2 Å². The third-order valence-corrected chi connectivity index (χ3v) is 2.35. The summed E-state index contributed by atoms with van der Waals surface area (Å²) in [5.74, 6) is 0. The molecule has 0 N–H and O–H groups in total. The molecule has 0 amide bonds. The van der Waals surface area contributed by atoms with Gasteiger partial charge in [-0.25, -0.2) is 0 Å². The van der Waals surface area contributed by atoms with E-state index in [9.17, 15) is 13.2 Å². The Hall–Kier alpha value is -1.29. The van der Waals surface area contributed by atoms with Crippen LogP contribution in [0.4, 0.5) is 13.2 Å². The quantitative estimate of drug-likeness (QED) is 0.644. The van der Waals surface area contributed by atoms with Crippen LogP contribution in [0.1, 0.15) is 16.7 Å². The lowest BCUT2D eigenvalue weighted by Crippen LogP contribution is -2.11. The van der Waals surface area contributed by atoms with Crippen LogP contribution >= 0.6 is 0 Å². The van der Waals surface area contributed by atoms with Crippen molar-refractivity contribution in [1.29, 1.82) is 0 Å². The van der Waals surface area contributed by atoms with Crippen molar-refractivity contribution in [3.63, 3.8) is 0 Å². The molecule has 15 heavy (non-hydrogen) atoms. The van der Waals surface area contributed by atoms with Crippen LogP contribution in [-0.2, 0) is 17.5 Å². The fourth-order valence-corrected chi connectivity index (χ4v) is 1.57. The monoisotopic (exact) mass is 214 g/mol. The topological polar surface area (TPSA) is 9.23 Å². The molecule has 0 saturated carbocycles. The van der Waals surface area contributed by atoms with Gasteiger partial charge in [-0.3, -0.25) is 0 Å². The molecule has 0 bridgehead atoms. The van der Waals surface area contributed by atoms with E-state index in [4.69, 9.17) is 4.74 Å². The van der Waals surface area contributed by atoms with Crippen molar-refractivity contribution in [3.05, 3.63) is 41.5 Å². The van der Waals surface area contributed by atoms with Gasteiger partial charge in [0.05, 0.1) is 18.8 Å². The first-order chi connectivity index (χ1) is 6.98. The van der Waals surface area contributed by atoms with Crippen molar-refractivity contribution in [2.75, 3.05) is 6.61 Å². The summed E-state index contributed by atoms with van der Waals surface area (Å²) < 4.78 is 42.4. The number of ether oxygens (including phenoxy) is 1. The maximum atomic E-state index is 12.4. The number of hydrogen-bond acceptors (Lipinski definition) is 1. The Morgan fingerprint density at radius 1 is 1.20 bits per heavy atom. The zero-order valence-electron chi connectivity index (χ0n) is 7.90. The maximum Gasteiger partial charge on any atom is 0.416 e. The van der Waals surface area contributed by atoms with Gasteiger partial charge in [0.1, 0.15) is 0 Å². The second-order valence-electron chi connectivity index (χ2n) is 3.47. The molecule has 1 aliphatic rings. The second kappa shape index (κ2) is 3.38. The molecule has 0 spiro atoms. The first-order valence-corrected chi connectivity index (χ1v) is 4.44. The van der Waals surface area contributed by atoms with Crippen LogP contribution in [0.15, 0.2) is 24.8 Å². The molecule has 2 rings (SSSR count). The smallest absolute Gasteiger partial charge is 0.372 e. The zero-order chi connectivity index (χ0) is 11.1. The molecule has 0 atom stereocenters. The Morgan fingerprint density at radius 2 is 1.93 bits per heavy atom. The minimum atomic E-state index is -4.30. The lowest BCUT2D eigenvalue weighted by molar-refractivity contribution is -0.137. The average Bonchev–Trinajstić information content (AvgIpc) is 2.16. The van der Waals surface area contributed by atoms with Crippen LogP contribution in [0, 0.1) is 0 Å². The van der Waals surface area contributed by atoms with Crippen LogP contribution in [0.25, 0.3) is 5.57 Å². The van der Waals surface area contributed by atoms with Crippen molar-refractivity contribution in [2.24, 2.45) is 0 Å². The normalized spacial score (nSPS) is 16.3. The number of rotatable bonds is 0. The Morgan fingerprint density at radius 3 is 2.60 bits per heavy atom. The van der Waals surface area contributed by atoms with Crippen molar-refractivity contribution >= 4 is 5.57 Å². The average molecular weight is 214 g/mol. The van der Waals surface area contributed by atoms with Crippen molar-refractivity contribution in [2.45, 2.75) is 12.8 Å². The Bertz CT molecular complexity index is 407. The van der Waals surface area contributed by atoms with Gasteiger partial charge in [0.2, 0.25) is 0 Å². The number of benzene rings is 1. The van der Waals surface area contributed by atoms with E-state index >= 15 is 0 Å². The minimum absolute atomic E-state index is 0.300. The van der Waals surface area contributed by atoms with Gasteiger partial charge in [0, 0.05) is 0 Å². The van der Waals surface area contributed by atoms with E-state index in [1.165, 1.54) is 6.07 Å². The fourth-order valence-electron chi connectivity index (χ4n) is 1.57. The molecular formula is C11H9F3O. The van der Waals surface area contributed by atoms with Gasteiger partial charge in [-0.1, -0.05) is 12.6 Å². The highest BCUT2D eigenvalue weighted by Gasteiger charge is 2.31. The molecule has 80 valence electrons. The number of hydrogen-bond donors (Lipinski definition) is 0. The highest BCUT2D eigenvalue weighted by atomic mass is 19.4. The molecule has 0 unspecified atom stereocenters. The first-order valence-electron chi connectivity index (χ1n) is 4.44. The van der Waals surface area contributed by atoms with E-state index in [0.29, 0.717) is 24.4 Å². The van der Waals surface area contributed by atoms with E-state index in [-0.39, 0.29) is 0 Å². The minimum Gasteiger partial charge on any atom is -0.372 e. The van der Waals surface area contributed by atoms with Crippen molar-refractivity contribution in [1.82, 2.24) is 0 Å². The summed E-state index contributed by atoms with van der Waals surface area (Å²) in [5, 5.41) is 0. The zero-order valence-corrected chi connectivity index (χ0v) is 7.90. The molecule has 1 nitrogen and oxygen atoms in total. The number of alkyl halides is 3. The van der Waals surface area contributed by atoms with Crippen LogP contribution < -0.4 is 0 Å². The van der Waals surface area contributed by atoms with Crippen molar-refractivity contribution in [3.8, 4) is 0 Å². The Kier molecular flexibility index (Phi) is 2.31. The van der Waals surface area contributed by atoms with Gasteiger partial charge in [-0.05, 0) is 28.8 Å². The van der Waals surface area contributed by atoms with Crippen LogP contribution in [-0.4, -0.2) is 6.61 Å². The second-order valence-corrected chi connectivity index (χ2v) is 3.47. The molecule has 0 saturated heterocycles. The van der Waals surface area contributed by atoms with Gasteiger partial charge < -0.3 is 4.74 Å². The van der Waals surface area contributed by atoms with Crippen LogP contribution in [0.3, 0.4) is 0 Å². The highest BCUT2D eigenvalue weighted by Crippen LogP contribution is 2.33. The van der Waals surface area contributed by atoms with E-state index < -0.39 is 11.7 Å². The van der Waals surface area contributed by atoms with E-state index in [2.05, 4.69) is 6.58 Å².